The highest BCUT2D eigenvalue weighted by Gasteiger charge is 2.22. The first-order valence-electron chi connectivity index (χ1n) is 7.21. The molecule has 0 spiro atoms. The standard InChI is InChI=1S/C18H21N/c1-3-4-11-16-14(2)19(15-9-5-6-10-15)18-13-8-7-12-17(16)18/h3-4,7-8,11-13,15H,1,5-6,9-10H2,2H3/b11-4-. The number of nitrogens with zero attached hydrogens (tertiary/aromatic N) is 1. The number of benzene rings is 1. The van der Waals surface area contributed by atoms with Gasteiger partial charge in [-0.3, -0.25) is 0 Å². The van der Waals surface area contributed by atoms with Crippen molar-refractivity contribution in [2.24, 2.45) is 0 Å². The molecule has 1 heterocycles. The van der Waals surface area contributed by atoms with Crippen molar-refractivity contribution < 1.29 is 0 Å². The van der Waals surface area contributed by atoms with Crippen LogP contribution in [0.5, 0.6) is 0 Å². The molecule has 0 amide bonds. The van der Waals surface area contributed by atoms with Crippen molar-refractivity contribution in [3.05, 3.63) is 54.3 Å². The van der Waals surface area contributed by atoms with Crippen LogP contribution in [0.2, 0.25) is 0 Å². The highest BCUT2D eigenvalue weighted by atomic mass is 15.0. The van der Waals surface area contributed by atoms with E-state index < -0.39 is 0 Å². The number of para-hydroxylation sites is 1. The normalized spacial score (nSPS) is 16.7. The Hall–Kier alpha value is -1.76. The molecule has 2 aromatic rings. The third kappa shape index (κ3) is 2.03. The molecular weight excluding hydrogens is 230 g/mol. The molecule has 1 aliphatic carbocycles. The van der Waals surface area contributed by atoms with E-state index >= 15 is 0 Å². The van der Waals surface area contributed by atoms with Crippen molar-refractivity contribution in [2.75, 3.05) is 0 Å². The summed E-state index contributed by atoms with van der Waals surface area (Å²) in [5.41, 5.74) is 4.13. The van der Waals surface area contributed by atoms with Crippen LogP contribution in [-0.4, -0.2) is 4.57 Å². The second-order valence-electron chi connectivity index (χ2n) is 5.42. The Kier molecular flexibility index (Phi) is 3.29. The second-order valence-corrected chi connectivity index (χ2v) is 5.42. The first-order valence-corrected chi connectivity index (χ1v) is 7.21. The Morgan fingerprint density at radius 2 is 1.95 bits per heavy atom. The number of aromatic nitrogens is 1. The van der Waals surface area contributed by atoms with Gasteiger partial charge in [0.25, 0.3) is 0 Å². The van der Waals surface area contributed by atoms with E-state index in [-0.39, 0.29) is 0 Å². The van der Waals surface area contributed by atoms with E-state index in [1.54, 1.807) is 0 Å². The van der Waals surface area contributed by atoms with E-state index in [1.165, 1.54) is 47.8 Å². The van der Waals surface area contributed by atoms with Gasteiger partial charge < -0.3 is 4.57 Å². The van der Waals surface area contributed by atoms with Gasteiger partial charge in [-0.05, 0) is 25.8 Å². The van der Waals surface area contributed by atoms with Gasteiger partial charge in [-0.2, -0.15) is 0 Å². The van der Waals surface area contributed by atoms with Crippen LogP contribution in [0.25, 0.3) is 17.0 Å². The topological polar surface area (TPSA) is 4.93 Å². The van der Waals surface area contributed by atoms with Crippen molar-refractivity contribution in [3.8, 4) is 0 Å². The molecule has 98 valence electrons. The second kappa shape index (κ2) is 5.08. The number of rotatable bonds is 3. The van der Waals surface area contributed by atoms with Gasteiger partial charge in [0.1, 0.15) is 0 Å². The van der Waals surface area contributed by atoms with Gasteiger partial charge in [0.2, 0.25) is 0 Å². The van der Waals surface area contributed by atoms with Crippen molar-refractivity contribution in [1.82, 2.24) is 4.57 Å². The van der Waals surface area contributed by atoms with E-state index in [9.17, 15) is 0 Å². The van der Waals surface area contributed by atoms with Crippen LogP contribution in [0.3, 0.4) is 0 Å². The van der Waals surface area contributed by atoms with Crippen LogP contribution >= 0.6 is 0 Å². The highest BCUT2D eigenvalue weighted by Crippen LogP contribution is 2.37. The SMILES string of the molecule is C=C/C=C\c1c(C)n(C2CCCC2)c2ccccc12. The van der Waals surface area contributed by atoms with Crippen molar-refractivity contribution in [2.45, 2.75) is 38.6 Å². The van der Waals surface area contributed by atoms with E-state index in [1.807, 2.05) is 12.2 Å². The zero-order valence-corrected chi connectivity index (χ0v) is 11.6. The van der Waals surface area contributed by atoms with Crippen molar-refractivity contribution in [1.29, 1.82) is 0 Å². The zero-order chi connectivity index (χ0) is 13.2. The average molecular weight is 251 g/mol. The minimum atomic E-state index is 0.691. The summed E-state index contributed by atoms with van der Waals surface area (Å²) in [6.45, 7) is 6.03. The fourth-order valence-corrected chi connectivity index (χ4v) is 3.42. The molecule has 0 saturated heterocycles. The number of allylic oxidation sites excluding steroid dienone is 2. The van der Waals surface area contributed by atoms with E-state index in [4.69, 9.17) is 0 Å². The Morgan fingerprint density at radius 1 is 1.21 bits per heavy atom. The van der Waals surface area contributed by atoms with Gasteiger partial charge in [0, 0.05) is 28.2 Å². The average Bonchev–Trinajstić information content (AvgIpc) is 3.02. The van der Waals surface area contributed by atoms with Gasteiger partial charge in [-0.15, -0.1) is 0 Å². The Balaban J connectivity index is 2.23. The number of hydrogen-bond donors (Lipinski definition) is 0. The van der Waals surface area contributed by atoms with E-state index in [2.05, 4.69) is 48.4 Å². The summed E-state index contributed by atoms with van der Waals surface area (Å²) in [5, 5.41) is 1.37. The summed E-state index contributed by atoms with van der Waals surface area (Å²) in [6.07, 6.45) is 11.5. The summed E-state index contributed by atoms with van der Waals surface area (Å²) < 4.78 is 2.56. The molecule has 1 aromatic heterocycles. The molecule has 19 heavy (non-hydrogen) atoms. The third-order valence-electron chi connectivity index (χ3n) is 4.29. The lowest BCUT2D eigenvalue weighted by molar-refractivity contribution is 0.525. The summed E-state index contributed by atoms with van der Waals surface area (Å²) in [7, 11) is 0. The maximum absolute atomic E-state index is 3.78. The predicted molar refractivity (Wildman–Crippen MR) is 83.4 cm³/mol. The molecule has 1 fully saturated rings. The van der Waals surface area contributed by atoms with Gasteiger partial charge in [-0.25, -0.2) is 0 Å². The van der Waals surface area contributed by atoms with Crippen LogP contribution in [0.4, 0.5) is 0 Å². The Bertz CT molecular complexity index is 624. The first-order chi connectivity index (χ1) is 9.33. The minimum Gasteiger partial charge on any atom is -0.341 e. The fraction of sp³-hybridized carbons (Fsp3) is 0.333. The lowest BCUT2D eigenvalue weighted by Crippen LogP contribution is -2.06. The lowest BCUT2D eigenvalue weighted by atomic mass is 10.1. The molecule has 3 rings (SSSR count). The van der Waals surface area contributed by atoms with Gasteiger partial charge in [0.05, 0.1) is 0 Å². The molecule has 1 heteroatoms. The van der Waals surface area contributed by atoms with Gasteiger partial charge >= 0.3 is 0 Å². The molecule has 0 atom stereocenters. The van der Waals surface area contributed by atoms with E-state index in [0.29, 0.717) is 6.04 Å². The summed E-state index contributed by atoms with van der Waals surface area (Å²) in [5.74, 6) is 0. The molecule has 0 radical (unpaired) electrons. The molecule has 0 aliphatic heterocycles. The van der Waals surface area contributed by atoms with Crippen LogP contribution in [0.1, 0.15) is 43.0 Å². The van der Waals surface area contributed by atoms with Crippen molar-refractivity contribution >= 4 is 17.0 Å². The van der Waals surface area contributed by atoms with Crippen LogP contribution in [0, 0.1) is 6.92 Å². The number of hydrogen-bond acceptors (Lipinski definition) is 0. The quantitative estimate of drug-likeness (QED) is 0.655. The van der Waals surface area contributed by atoms with Gasteiger partial charge in [-0.1, -0.05) is 55.8 Å². The minimum absolute atomic E-state index is 0.691. The Labute approximate surface area is 115 Å². The molecule has 0 N–H and O–H groups in total. The zero-order valence-electron chi connectivity index (χ0n) is 11.6. The molecule has 1 aromatic carbocycles. The lowest BCUT2D eigenvalue weighted by Gasteiger charge is -2.16. The summed E-state index contributed by atoms with van der Waals surface area (Å²) in [4.78, 5) is 0. The van der Waals surface area contributed by atoms with Crippen LogP contribution in [0.15, 0.2) is 43.0 Å². The monoisotopic (exact) mass is 251 g/mol. The molecule has 1 nitrogen and oxygen atoms in total. The largest absolute Gasteiger partial charge is 0.341 e. The third-order valence-corrected chi connectivity index (χ3v) is 4.29. The van der Waals surface area contributed by atoms with Crippen molar-refractivity contribution in [3.63, 3.8) is 0 Å². The predicted octanol–water partition coefficient (Wildman–Crippen LogP) is 5.26. The van der Waals surface area contributed by atoms with Crippen LogP contribution < -0.4 is 0 Å². The van der Waals surface area contributed by atoms with E-state index in [0.717, 1.165) is 0 Å². The maximum atomic E-state index is 3.78. The number of fused-ring (bicyclic) bond motifs is 1. The molecule has 0 bridgehead atoms. The molecular formula is C18H21N. The molecule has 1 saturated carbocycles. The van der Waals surface area contributed by atoms with Crippen LogP contribution in [-0.2, 0) is 0 Å². The highest BCUT2D eigenvalue weighted by molar-refractivity contribution is 5.91. The molecule has 1 aliphatic rings. The Morgan fingerprint density at radius 3 is 2.68 bits per heavy atom. The molecule has 0 unspecified atom stereocenters. The summed E-state index contributed by atoms with van der Waals surface area (Å²) in [6, 6.07) is 9.46. The van der Waals surface area contributed by atoms with Gasteiger partial charge in [0.15, 0.2) is 0 Å². The first kappa shape index (κ1) is 12.3. The summed E-state index contributed by atoms with van der Waals surface area (Å²) >= 11 is 0. The smallest absolute Gasteiger partial charge is 0.0491 e. The fourth-order valence-electron chi connectivity index (χ4n) is 3.42. The maximum Gasteiger partial charge on any atom is 0.0491 e.